The number of ether oxygens (including phenoxy) is 1. The van der Waals surface area contributed by atoms with Crippen molar-refractivity contribution in [3.05, 3.63) is 83.3 Å². The molecule has 2 aromatic carbocycles. The quantitative estimate of drug-likeness (QED) is 0.495. The molecule has 0 saturated carbocycles. The Bertz CT molecular complexity index is 1320. The molecule has 0 saturated heterocycles. The summed E-state index contributed by atoms with van der Waals surface area (Å²) in [5, 5.41) is 11.4. The summed E-state index contributed by atoms with van der Waals surface area (Å²) in [7, 11) is 1.61. The van der Waals surface area contributed by atoms with Crippen LogP contribution in [0.5, 0.6) is 5.75 Å². The van der Waals surface area contributed by atoms with Gasteiger partial charge in [-0.1, -0.05) is 18.2 Å². The molecule has 0 radical (unpaired) electrons. The maximum atomic E-state index is 12.5. The highest BCUT2D eigenvalue weighted by Gasteiger charge is 2.24. The minimum atomic E-state index is -0.122. The van der Waals surface area contributed by atoms with Crippen LogP contribution < -0.4 is 10.1 Å². The number of amides is 1. The zero-order valence-corrected chi connectivity index (χ0v) is 16.2. The number of carbonyl (C=O) groups excluding carboxylic acids is 1. The summed E-state index contributed by atoms with van der Waals surface area (Å²) in [6, 6.07) is 15.4. The van der Waals surface area contributed by atoms with Gasteiger partial charge >= 0.3 is 0 Å². The van der Waals surface area contributed by atoms with Crippen molar-refractivity contribution in [1.82, 2.24) is 15.2 Å². The molecule has 0 atom stereocenters. The fourth-order valence-electron chi connectivity index (χ4n) is 3.53. The van der Waals surface area contributed by atoms with Gasteiger partial charge in [-0.25, -0.2) is 0 Å². The normalized spacial score (nSPS) is 14.4. The number of nitrogens with zero attached hydrogens (tertiary/aromatic N) is 2. The molecule has 0 bridgehead atoms. The van der Waals surface area contributed by atoms with E-state index in [4.69, 9.17) is 4.74 Å². The second-order valence-electron chi connectivity index (χ2n) is 6.96. The highest BCUT2D eigenvalue weighted by molar-refractivity contribution is 6.35. The highest BCUT2D eigenvalue weighted by Crippen LogP contribution is 2.36. The fourth-order valence-corrected chi connectivity index (χ4v) is 3.53. The molecule has 0 fully saturated rings. The topological polar surface area (TPSA) is 79.9 Å². The van der Waals surface area contributed by atoms with Crippen LogP contribution in [0, 0.1) is 0 Å². The third kappa shape index (κ3) is 3.24. The van der Waals surface area contributed by atoms with Crippen LogP contribution in [0.3, 0.4) is 0 Å². The molecule has 0 unspecified atom stereocenters. The SMILES string of the molecule is COc1ccc2c(c1)C(=Cc1ccc3c(/C=C/c4cccnc4)n[nH]c3c1)C(=O)N2. The summed E-state index contributed by atoms with van der Waals surface area (Å²) in [5.74, 6) is 0.591. The Hall–Kier alpha value is -4.19. The van der Waals surface area contributed by atoms with Gasteiger partial charge in [-0.2, -0.15) is 5.10 Å². The molecule has 6 nitrogen and oxygen atoms in total. The van der Waals surface area contributed by atoms with E-state index >= 15 is 0 Å². The summed E-state index contributed by atoms with van der Waals surface area (Å²) in [6.07, 6.45) is 9.37. The summed E-state index contributed by atoms with van der Waals surface area (Å²) in [6.45, 7) is 0. The van der Waals surface area contributed by atoms with E-state index in [0.717, 1.165) is 39.0 Å². The number of anilines is 1. The van der Waals surface area contributed by atoms with Gasteiger partial charge in [0.2, 0.25) is 0 Å². The third-order valence-corrected chi connectivity index (χ3v) is 5.06. The lowest BCUT2D eigenvalue weighted by Gasteiger charge is -2.03. The molecule has 0 spiro atoms. The van der Waals surface area contributed by atoms with Gasteiger partial charge in [-0.3, -0.25) is 14.9 Å². The monoisotopic (exact) mass is 394 g/mol. The number of aromatic nitrogens is 3. The van der Waals surface area contributed by atoms with Gasteiger partial charge in [-0.15, -0.1) is 0 Å². The Morgan fingerprint density at radius 1 is 1.03 bits per heavy atom. The van der Waals surface area contributed by atoms with E-state index in [1.807, 2.05) is 66.8 Å². The van der Waals surface area contributed by atoms with E-state index < -0.39 is 0 Å². The first-order chi connectivity index (χ1) is 14.7. The Kier molecular flexibility index (Phi) is 4.37. The molecular weight excluding hydrogens is 376 g/mol. The third-order valence-electron chi connectivity index (χ3n) is 5.06. The minimum absolute atomic E-state index is 0.122. The maximum absolute atomic E-state index is 12.5. The molecule has 4 aromatic rings. The van der Waals surface area contributed by atoms with Crippen LogP contribution in [0.4, 0.5) is 5.69 Å². The van der Waals surface area contributed by atoms with Crippen LogP contribution in [-0.4, -0.2) is 28.2 Å². The molecular formula is C24H18N4O2. The zero-order chi connectivity index (χ0) is 20.5. The van der Waals surface area contributed by atoms with Gasteiger partial charge in [0.05, 0.1) is 18.3 Å². The first-order valence-electron chi connectivity index (χ1n) is 9.49. The van der Waals surface area contributed by atoms with Crippen molar-refractivity contribution >= 4 is 46.3 Å². The van der Waals surface area contributed by atoms with Crippen molar-refractivity contribution < 1.29 is 9.53 Å². The number of hydrogen-bond donors (Lipinski definition) is 2. The van der Waals surface area contributed by atoms with Gasteiger partial charge < -0.3 is 10.1 Å². The predicted octanol–water partition coefficient (Wildman–Crippen LogP) is 4.63. The first-order valence-corrected chi connectivity index (χ1v) is 9.49. The van der Waals surface area contributed by atoms with Gasteiger partial charge in [0.25, 0.3) is 5.91 Å². The Balaban J connectivity index is 1.49. The van der Waals surface area contributed by atoms with Crippen molar-refractivity contribution in [1.29, 1.82) is 0 Å². The number of H-pyrrole nitrogens is 1. The Labute approximate surface area is 172 Å². The molecule has 146 valence electrons. The number of rotatable bonds is 4. The molecule has 6 heteroatoms. The number of benzene rings is 2. The maximum Gasteiger partial charge on any atom is 0.256 e. The van der Waals surface area contributed by atoms with Crippen LogP contribution in [0.25, 0.3) is 34.7 Å². The van der Waals surface area contributed by atoms with Crippen molar-refractivity contribution in [2.45, 2.75) is 0 Å². The van der Waals surface area contributed by atoms with Crippen LogP contribution in [0.1, 0.15) is 22.4 Å². The van der Waals surface area contributed by atoms with Crippen molar-refractivity contribution in [3.63, 3.8) is 0 Å². The number of nitrogens with one attached hydrogen (secondary N) is 2. The molecule has 2 aromatic heterocycles. The van der Waals surface area contributed by atoms with Gasteiger partial charge in [0.1, 0.15) is 5.75 Å². The standard InChI is InChI=1S/C24H18N4O2/c1-30-17-6-9-21-19(13-17)20(24(29)26-21)11-16-4-7-18-22(27-28-23(18)12-16)8-5-15-3-2-10-25-14-15/h2-14H,1H3,(H,26,29)(H,27,28)/b8-5+,20-11?. The lowest BCUT2D eigenvalue weighted by Crippen LogP contribution is -2.03. The van der Waals surface area contributed by atoms with Gasteiger partial charge in [0, 0.05) is 34.6 Å². The molecule has 0 aliphatic carbocycles. The average molecular weight is 394 g/mol. The number of methoxy groups -OCH3 is 1. The summed E-state index contributed by atoms with van der Waals surface area (Å²) >= 11 is 0. The van der Waals surface area contributed by atoms with E-state index in [1.165, 1.54) is 0 Å². The van der Waals surface area contributed by atoms with Crippen LogP contribution in [-0.2, 0) is 4.79 Å². The molecule has 1 aliphatic rings. The summed E-state index contributed by atoms with van der Waals surface area (Å²) in [4.78, 5) is 16.6. The average Bonchev–Trinajstić information content (AvgIpc) is 3.32. The number of carbonyl (C=O) groups is 1. The molecule has 1 amide bonds. The van der Waals surface area contributed by atoms with E-state index in [-0.39, 0.29) is 5.91 Å². The summed E-state index contributed by atoms with van der Waals surface area (Å²) < 4.78 is 5.30. The van der Waals surface area contributed by atoms with Crippen LogP contribution in [0.2, 0.25) is 0 Å². The molecule has 3 heterocycles. The van der Waals surface area contributed by atoms with Crippen LogP contribution >= 0.6 is 0 Å². The Morgan fingerprint density at radius 3 is 2.80 bits per heavy atom. The van der Waals surface area contributed by atoms with E-state index in [9.17, 15) is 4.79 Å². The minimum Gasteiger partial charge on any atom is -0.497 e. The van der Waals surface area contributed by atoms with E-state index in [2.05, 4.69) is 20.5 Å². The Morgan fingerprint density at radius 2 is 1.97 bits per heavy atom. The number of fused-ring (bicyclic) bond motifs is 2. The fraction of sp³-hybridized carbons (Fsp3) is 0.0417. The largest absolute Gasteiger partial charge is 0.497 e. The van der Waals surface area contributed by atoms with Crippen molar-refractivity contribution in [2.24, 2.45) is 0 Å². The lowest BCUT2D eigenvalue weighted by molar-refractivity contribution is -0.110. The zero-order valence-electron chi connectivity index (χ0n) is 16.2. The number of aromatic amines is 1. The van der Waals surface area contributed by atoms with Crippen molar-refractivity contribution in [2.75, 3.05) is 12.4 Å². The highest BCUT2D eigenvalue weighted by atomic mass is 16.5. The second-order valence-corrected chi connectivity index (χ2v) is 6.96. The molecule has 30 heavy (non-hydrogen) atoms. The van der Waals surface area contributed by atoms with Crippen LogP contribution in [0.15, 0.2) is 60.9 Å². The number of pyridine rings is 1. The summed E-state index contributed by atoms with van der Waals surface area (Å²) in [5.41, 5.74) is 5.91. The first kappa shape index (κ1) is 17.9. The smallest absolute Gasteiger partial charge is 0.256 e. The number of hydrogen-bond acceptors (Lipinski definition) is 4. The predicted molar refractivity (Wildman–Crippen MR) is 119 cm³/mol. The van der Waals surface area contributed by atoms with E-state index in [1.54, 1.807) is 19.5 Å². The van der Waals surface area contributed by atoms with Gasteiger partial charge in [0.15, 0.2) is 0 Å². The molecule has 1 aliphatic heterocycles. The molecule has 5 rings (SSSR count). The lowest BCUT2D eigenvalue weighted by atomic mass is 10.0. The second kappa shape index (κ2) is 7.33. The van der Waals surface area contributed by atoms with Gasteiger partial charge in [-0.05, 0) is 59.7 Å². The van der Waals surface area contributed by atoms with Crippen molar-refractivity contribution in [3.8, 4) is 5.75 Å². The van der Waals surface area contributed by atoms with E-state index in [0.29, 0.717) is 11.3 Å². The molecule has 2 N–H and O–H groups in total.